The Bertz CT molecular complexity index is 645. The zero-order chi connectivity index (χ0) is 14.8. The summed E-state index contributed by atoms with van der Waals surface area (Å²) in [5.41, 5.74) is 5.46. The van der Waals surface area contributed by atoms with Crippen LogP contribution in [0.25, 0.3) is 0 Å². The number of rotatable bonds is 3. The van der Waals surface area contributed by atoms with Gasteiger partial charge >= 0.3 is 0 Å². The van der Waals surface area contributed by atoms with E-state index in [0.717, 1.165) is 23.9 Å². The lowest BCUT2D eigenvalue weighted by Crippen LogP contribution is -2.35. The van der Waals surface area contributed by atoms with Gasteiger partial charge in [0.25, 0.3) is 0 Å². The first kappa shape index (κ1) is 14.4. The fourth-order valence-electron chi connectivity index (χ4n) is 3.14. The van der Waals surface area contributed by atoms with E-state index in [-0.39, 0.29) is 0 Å². The lowest BCUT2D eigenvalue weighted by atomic mass is 9.89. The second kappa shape index (κ2) is 6.07. The molecule has 1 nitrogen and oxygen atoms in total. The average molecular weight is 342 g/mol. The molecule has 0 amide bonds. The Hall–Kier alpha value is -1.54. The van der Waals surface area contributed by atoms with Crippen molar-refractivity contribution < 1.29 is 0 Å². The lowest BCUT2D eigenvalue weighted by Gasteiger charge is -2.39. The van der Waals surface area contributed by atoms with E-state index in [9.17, 15) is 0 Å². The Labute approximate surface area is 135 Å². The molecule has 21 heavy (non-hydrogen) atoms. The van der Waals surface area contributed by atoms with Crippen LogP contribution in [-0.2, 0) is 6.42 Å². The summed E-state index contributed by atoms with van der Waals surface area (Å²) in [6.45, 7) is 7.32. The number of nitrogens with zero attached hydrogens (tertiary/aromatic N) is 1. The van der Waals surface area contributed by atoms with E-state index in [2.05, 4.69) is 82.9 Å². The molecule has 2 aromatic carbocycles. The zero-order valence-corrected chi connectivity index (χ0v) is 13.9. The highest BCUT2D eigenvalue weighted by molar-refractivity contribution is 9.10. The van der Waals surface area contributed by atoms with Crippen LogP contribution in [0.1, 0.15) is 30.5 Å². The standard InChI is InChI=1S/C19H20BrN/c1-14(2)13-19-18-6-4-3-5-15(18)11-12-21(19)17-9-7-16(20)8-10-17/h3-10,19H,1,11-13H2,2H3. The molecule has 2 heteroatoms. The molecular formula is C19H20BrN. The first-order valence-electron chi connectivity index (χ1n) is 7.39. The van der Waals surface area contributed by atoms with Gasteiger partial charge in [-0.1, -0.05) is 45.8 Å². The molecule has 3 rings (SSSR count). The minimum atomic E-state index is 0.397. The minimum absolute atomic E-state index is 0.397. The summed E-state index contributed by atoms with van der Waals surface area (Å²) in [5, 5.41) is 0. The average Bonchev–Trinajstić information content (AvgIpc) is 2.48. The predicted molar refractivity (Wildman–Crippen MR) is 93.8 cm³/mol. The Kier molecular flexibility index (Phi) is 4.16. The molecule has 2 aromatic rings. The third-order valence-corrected chi connectivity index (χ3v) is 4.64. The van der Waals surface area contributed by atoms with Gasteiger partial charge in [-0.3, -0.25) is 0 Å². The van der Waals surface area contributed by atoms with Crippen molar-refractivity contribution in [1.82, 2.24) is 0 Å². The molecule has 1 unspecified atom stereocenters. The van der Waals surface area contributed by atoms with Gasteiger partial charge in [-0.2, -0.15) is 0 Å². The summed E-state index contributed by atoms with van der Waals surface area (Å²) in [4.78, 5) is 2.52. The van der Waals surface area contributed by atoms with Crippen LogP contribution in [0.3, 0.4) is 0 Å². The molecule has 0 radical (unpaired) electrons. The summed E-state index contributed by atoms with van der Waals surface area (Å²) in [6.07, 6.45) is 2.12. The molecule has 0 spiro atoms. The van der Waals surface area contributed by atoms with Crippen LogP contribution in [0.2, 0.25) is 0 Å². The van der Waals surface area contributed by atoms with Gasteiger partial charge in [0.2, 0.25) is 0 Å². The van der Waals surface area contributed by atoms with Gasteiger partial charge in [0, 0.05) is 16.7 Å². The Morgan fingerprint density at radius 3 is 2.62 bits per heavy atom. The van der Waals surface area contributed by atoms with Crippen LogP contribution < -0.4 is 4.90 Å². The van der Waals surface area contributed by atoms with Gasteiger partial charge < -0.3 is 4.90 Å². The van der Waals surface area contributed by atoms with Crippen LogP contribution >= 0.6 is 15.9 Å². The second-order valence-corrected chi connectivity index (χ2v) is 6.71. The number of fused-ring (bicyclic) bond motifs is 1. The molecule has 0 fully saturated rings. The van der Waals surface area contributed by atoms with E-state index < -0.39 is 0 Å². The third kappa shape index (κ3) is 3.06. The summed E-state index contributed by atoms with van der Waals surface area (Å²) >= 11 is 3.52. The SMILES string of the molecule is C=C(C)CC1c2ccccc2CCN1c1ccc(Br)cc1. The smallest absolute Gasteiger partial charge is 0.0582 e. The molecule has 0 saturated heterocycles. The highest BCUT2D eigenvalue weighted by atomic mass is 79.9. The van der Waals surface area contributed by atoms with Crippen LogP contribution in [-0.4, -0.2) is 6.54 Å². The first-order valence-corrected chi connectivity index (χ1v) is 8.19. The van der Waals surface area contributed by atoms with Crippen LogP contribution in [0.5, 0.6) is 0 Å². The van der Waals surface area contributed by atoms with E-state index in [0.29, 0.717) is 6.04 Å². The quantitative estimate of drug-likeness (QED) is 0.664. The zero-order valence-electron chi connectivity index (χ0n) is 12.3. The molecule has 0 saturated carbocycles. The highest BCUT2D eigenvalue weighted by Crippen LogP contribution is 2.37. The molecule has 0 aromatic heterocycles. The largest absolute Gasteiger partial charge is 0.364 e. The predicted octanol–water partition coefficient (Wildman–Crippen LogP) is 5.52. The molecular weight excluding hydrogens is 322 g/mol. The summed E-state index contributed by atoms with van der Waals surface area (Å²) in [6, 6.07) is 17.9. The second-order valence-electron chi connectivity index (χ2n) is 5.80. The maximum atomic E-state index is 4.13. The third-order valence-electron chi connectivity index (χ3n) is 4.11. The minimum Gasteiger partial charge on any atom is -0.364 e. The number of hydrogen-bond acceptors (Lipinski definition) is 1. The number of benzene rings is 2. The van der Waals surface area contributed by atoms with Gasteiger partial charge in [-0.15, -0.1) is 6.58 Å². The summed E-state index contributed by atoms with van der Waals surface area (Å²) in [7, 11) is 0. The van der Waals surface area contributed by atoms with Crippen molar-refractivity contribution in [2.45, 2.75) is 25.8 Å². The number of anilines is 1. The normalized spacial score (nSPS) is 17.4. The van der Waals surface area contributed by atoms with E-state index in [1.807, 2.05) is 0 Å². The van der Waals surface area contributed by atoms with Gasteiger partial charge in [0.1, 0.15) is 0 Å². The topological polar surface area (TPSA) is 3.24 Å². The maximum absolute atomic E-state index is 4.13. The summed E-state index contributed by atoms with van der Waals surface area (Å²) < 4.78 is 1.13. The van der Waals surface area contributed by atoms with Gasteiger partial charge in [0.15, 0.2) is 0 Å². The lowest BCUT2D eigenvalue weighted by molar-refractivity contribution is 0.578. The van der Waals surface area contributed by atoms with Crippen LogP contribution in [0.4, 0.5) is 5.69 Å². The molecule has 1 aliphatic heterocycles. The van der Waals surface area contributed by atoms with Gasteiger partial charge in [0.05, 0.1) is 6.04 Å². The molecule has 0 aliphatic carbocycles. The Morgan fingerprint density at radius 1 is 1.19 bits per heavy atom. The van der Waals surface area contributed by atoms with E-state index in [1.165, 1.54) is 22.4 Å². The first-order chi connectivity index (χ1) is 10.1. The molecule has 1 atom stereocenters. The van der Waals surface area contributed by atoms with Crippen molar-refractivity contribution in [3.05, 3.63) is 76.3 Å². The van der Waals surface area contributed by atoms with Crippen LogP contribution in [0, 0.1) is 0 Å². The van der Waals surface area contributed by atoms with E-state index in [4.69, 9.17) is 0 Å². The van der Waals surface area contributed by atoms with Gasteiger partial charge in [-0.05, 0) is 55.2 Å². The van der Waals surface area contributed by atoms with Crippen molar-refractivity contribution >= 4 is 21.6 Å². The highest BCUT2D eigenvalue weighted by Gasteiger charge is 2.27. The molecule has 0 N–H and O–H groups in total. The van der Waals surface area contributed by atoms with Crippen molar-refractivity contribution in [2.75, 3.05) is 11.4 Å². The number of hydrogen-bond donors (Lipinski definition) is 0. The molecule has 1 aliphatic rings. The van der Waals surface area contributed by atoms with Crippen molar-refractivity contribution in [2.24, 2.45) is 0 Å². The van der Waals surface area contributed by atoms with Crippen molar-refractivity contribution in [3.63, 3.8) is 0 Å². The number of halogens is 1. The molecule has 1 heterocycles. The molecule has 0 bridgehead atoms. The Balaban J connectivity index is 2.00. The van der Waals surface area contributed by atoms with E-state index in [1.54, 1.807) is 0 Å². The monoisotopic (exact) mass is 341 g/mol. The van der Waals surface area contributed by atoms with Crippen molar-refractivity contribution in [1.29, 1.82) is 0 Å². The summed E-state index contributed by atoms with van der Waals surface area (Å²) in [5.74, 6) is 0. The fourth-order valence-corrected chi connectivity index (χ4v) is 3.41. The van der Waals surface area contributed by atoms with Gasteiger partial charge in [-0.25, -0.2) is 0 Å². The maximum Gasteiger partial charge on any atom is 0.0582 e. The van der Waals surface area contributed by atoms with Crippen LogP contribution in [0.15, 0.2) is 65.2 Å². The molecule has 108 valence electrons. The Morgan fingerprint density at radius 2 is 1.90 bits per heavy atom. The fraction of sp³-hybridized carbons (Fsp3) is 0.263. The van der Waals surface area contributed by atoms with E-state index >= 15 is 0 Å². The van der Waals surface area contributed by atoms with Crippen molar-refractivity contribution in [3.8, 4) is 0 Å².